The maximum atomic E-state index is 4.58. The third kappa shape index (κ3) is 3.27. The number of allylic oxidation sites excluding steroid dienone is 2. The molecule has 0 radical (unpaired) electrons. The first kappa shape index (κ1) is 15.7. The van der Waals surface area contributed by atoms with Crippen LogP contribution in [0.3, 0.4) is 0 Å². The first-order valence-corrected chi connectivity index (χ1v) is 7.81. The van der Waals surface area contributed by atoms with Crippen molar-refractivity contribution in [2.24, 2.45) is 0 Å². The molecule has 120 valence electrons. The third-order valence-electron chi connectivity index (χ3n) is 3.65. The minimum Gasteiger partial charge on any atom is -0.364 e. The molecule has 3 rings (SSSR count). The number of anilines is 1. The summed E-state index contributed by atoms with van der Waals surface area (Å²) in [7, 11) is 0. The molecule has 3 aromatic rings. The SMILES string of the molecule is C=CC=CC(=C)CNc1nc(C)nn2ccc(-c3ccccc3)c12. The molecule has 0 saturated heterocycles. The molecule has 0 unspecified atom stereocenters. The van der Waals surface area contributed by atoms with Crippen LogP contribution in [-0.2, 0) is 0 Å². The Kier molecular flexibility index (Phi) is 4.57. The average Bonchev–Trinajstić information content (AvgIpc) is 3.02. The summed E-state index contributed by atoms with van der Waals surface area (Å²) < 4.78 is 1.87. The highest BCUT2D eigenvalue weighted by molar-refractivity contribution is 5.88. The van der Waals surface area contributed by atoms with Crippen LogP contribution >= 0.6 is 0 Å². The summed E-state index contributed by atoms with van der Waals surface area (Å²) in [5.74, 6) is 1.52. The minimum atomic E-state index is 0.607. The molecule has 0 atom stereocenters. The Morgan fingerprint density at radius 2 is 2.04 bits per heavy atom. The van der Waals surface area contributed by atoms with Gasteiger partial charge >= 0.3 is 0 Å². The van der Waals surface area contributed by atoms with Crippen LogP contribution in [0.15, 0.2) is 79.6 Å². The van der Waals surface area contributed by atoms with E-state index in [-0.39, 0.29) is 0 Å². The van der Waals surface area contributed by atoms with E-state index in [9.17, 15) is 0 Å². The van der Waals surface area contributed by atoms with E-state index in [1.54, 1.807) is 6.08 Å². The lowest BCUT2D eigenvalue weighted by atomic mass is 10.1. The fraction of sp³-hybridized carbons (Fsp3) is 0.100. The van der Waals surface area contributed by atoms with Crippen LogP contribution in [-0.4, -0.2) is 21.1 Å². The fourth-order valence-electron chi connectivity index (χ4n) is 2.57. The molecule has 4 nitrogen and oxygen atoms in total. The molecule has 0 aliphatic rings. The van der Waals surface area contributed by atoms with Crippen LogP contribution in [0.5, 0.6) is 0 Å². The second-order valence-electron chi connectivity index (χ2n) is 5.50. The number of aryl methyl sites for hydroxylation is 1. The smallest absolute Gasteiger partial charge is 0.155 e. The van der Waals surface area contributed by atoms with Crippen LogP contribution in [0.2, 0.25) is 0 Å². The van der Waals surface area contributed by atoms with E-state index in [1.807, 2.05) is 48.0 Å². The van der Waals surface area contributed by atoms with Crippen molar-refractivity contribution in [1.29, 1.82) is 0 Å². The molecule has 2 aromatic heterocycles. The largest absolute Gasteiger partial charge is 0.364 e. The van der Waals surface area contributed by atoms with Gasteiger partial charge in [-0.15, -0.1) is 0 Å². The first-order chi connectivity index (χ1) is 11.7. The summed E-state index contributed by atoms with van der Waals surface area (Å²) in [6.45, 7) is 10.2. The number of fused-ring (bicyclic) bond motifs is 1. The van der Waals surface area contributed by atoms with Crippen molar-refractivity contribution in [3.8, 4) is 11.1 Å². The quantitative estimate of drug-likeness (QED) is 0.685. The lowest BCUT2D eigenvalue weighted by Crippen LogP contribution is -2.09. The first-order valence-electron chi connectivity index (χ1n) is 7.81. The number of rotatable bonds is 6. The third-order valence-corrected chi connectivity index (χ3v) is 3.65. The van der Waals surface area contributed by atoms with E-state index >= 15 is 0 Å². The molecular formula is C20H20N4. The predicted molar refractivity (Wildman–Crippen MR) is 100 cm³/mol. The van der Waals surface area contributed by atoms with Gasteiger partial charge in [0.15, 0.2) is 5.82 Å². The number of benzene rings is 1. The Balaban J connectivity index is 2.00. The van der Waals surface area contributed by atoms with Gasteiger partial charge in [-0.05, 0) is 24.1 Å². The van der Waals surface area contributed by atoms with Crippen LogP contribution in [0.1, 0.15) is 5.82 Å². The van der Waals surface area contributed by atoms with Crippen LogP contribution in [0, 0.1) is 6.92 Å². The van der Waals surface area contributed by atoms with Crippen LogP contribution in [0.25, 0.3) is 16.6 Å². The summed E-state index contributed by atoms with van der Waals surface area (Å²) >= 11 is 0. The van der Waals surface area contributed by atoms with Crippen LogP contribution in [0.4, 0.5) is 5.82 Å². The Morgan fingerprint density at radius 3 is 2.79 bits per heavy atom. The number of hydrogen-bond acceptors (Lipinski definition) is 3. The second kappa shape index (κ2) is 6.96. The van der Waals surface area contributed by atoms with Gasteiger partial charge < -0.3 is 5.32 Å². The molecule has 1 N–H and O–H groups in total. The molecule has 2 heterocycles. The number of aromatic nitrogens is 3. The predicted octanol–water partition coefficient (Wildman–Crippen LogP) is 4.42. The maximum Gasteiger partial charge on any atom is 0.155 e. The van der Waals surface area contributed by atoms with Gasteiger partial charge in [-0.25, -0.2) is 9.50 Å². The average molecular weight is 316 g/mol. The standard InChI is InChI=1S/C20H20N4/c1-4-5-9-15(2)14-21-20-19-18(17-10-7-6-8-11-17)12-13-24(19)23-16(3)22-20/h4-13H,1-2,14H2,3H3,(H,21,22,23). The van der Waals surface area contributed by atoms with Gasteiger partial charge in [-0.3, -0.25) is 0 Å². The zero-order valence-corrected chi connectivity index (χ0v) is 13.7. The second-order valence-corrected chi connectivity index (χ2v) is 5.50. The van der Waals surface area contributed by atoms with Gasteiger partial charge in [0.2, 0.25) is 0 Å². The lowest BCUT2D eigenvalue weighted by Gasteiger charge is -2.10. The highest BCUT2D eigenvalue weighted by Gasteiger charge is 2.12. The summed E-state index contributed by atoms with van der Waals surface area (Å²) in [6.07, 6.45) is 7.50. The number of hydrogen-bond donors (Lipinski definition) is 1. The zero-order chi connectivity index (χ0) is 16.9. The molecule has 1 aromatic carbocycles. The van der Waals surface area contributed by atoms with E-state index in [2.05, 4.69) is 46.8 Å². The summed E-state index contributed by atoms with van der Waals surface area (Å²) in [5.41, 5.74) is 4.16. The summed E-state index contributed by atoms with van der Waals surface area (Å²) in [5, 5.41) is 7.85. The Morgan fingerprint density at radius 1 is 1.25 bits per heavy atom. The van der Waals surface area contributed by atoms with Crippen molar-refractivity contribution in [1.82, 2.24) is 14.6 Å². The van der Waals surface area contributed by atoms with Gasteiger partial charge in [0.1, 0.15) is 11.3 Å². The van der Waals surface area contributed by atoms with Crippen molar-refractivity contribution in [3.63, 3.8) is 0 Å². The van der Waals surface area contributed by atoms with Gasteiger partial charge in [0.05, 0.1) is 0 Å². The number of nitrogens with one attached hydrogen (secondary N) is 1. The van der Waals surface area contributed by atoms with Gasteiger partial charge in [0.25, 0.3) is 0 Å². The van der Waals surface area contributed by atoms with Crippen molar-refractivity contribution >= 4 is 11.3 Å². The molecule has 0 aliphatic heterocycles. The van der Waals surface area contributed by atoms with Crippen molar-refractivity contribution in [2.75, 3.05) is 11.9 Å². The minimum absolute atomic E-state index is 0.607. The molecular weight excluding hydrogens is 296 g/mol. The molecule has 0 aliphatic carbocycles. The summed E-state index contributed by atoms with van der Waals surface area (Å²) in [4.78, 5) is 4.58. The normalized spacial score (nSPS) is 11.0. The molecule has 0 bridgehead atoms. The highest BCUT2D eigenvalue weighted by Crippen LogP contribution is 2.29. The van der Waals surface area contributed by atoms with Crippen molar-refractivity contribution < 1.29 is 0 Å². The van der Waals surface area contributed by atoms with E-state index in [1.165, 1.54) is 0 Å². The van der Waals surface area contributed by atoms with Gasteiger partial charge in [-0.2, -0.15) is 5.10 Å². The van der Waals surface area contributed by atoms with Crippen molar-refractivity contribution in [3.05, 3.63) is 85.4 Å². The van der Waals surface area contributed by atoms with Gasteiger partial charge in [-0.1, -0.05) is 61.7 Å². The highest BCUT2D eigenvalue weighted by atomic mass is 15.3. The monoisotopic (exact) mass is 316 g/mol. The van der Waals surface area contributed by atoms with Gasteiger partial charge in [0, 0.05) is 18.3 Å². The van der Waals surface area contributed by atoms with E-state index in [0.29, 0.717) is 12.4 Å². The molecule has 0 fully saturated rings. The Bertz CT molecular complexity index is 904. The Labute approximate surface area is 141 Å². The topological polar surface area (TPSA) is 42.2 Å². The van der Waals surface area contributed by atoms with Crippen molar-refractivity contribution in [2.45, 2.75) is 6.92 Å². The number of nitrogens with zero attached hydrogens (tertiary/aromatic N) is 3. The van der Waals surface area contributed by atoms with E-state index in [4.69, 9.17) is 0 Å². The molecule has 24 heavy (non-hydrogen) atoms. The zero-order valence-electron chi connectivity index (χ0n) is 13.7. The van der Waals surface area contributed by atoms with E-state index < -0.39 is 0 Å². The van der Waals surface area contributed by atoms with E-state index in [0.717, 1.165) is 28.0 Å². The fourth-order valence-corrected chi connectivity index (χ4v) is 2.57. The molecule has 0 spiro atoms. The maximum absolute atomic E-state index is 4.58. The molecule has 4 heteroatoms. The summed E-state index contributed by atoms with van der Waals surface area (Å²) in [6, 6.07) is 12.3. The lowest BCUT2D eigenvalue weighted by molar-refractivity contribution is 0.857. The Hall–Kier alpha value is -3.14. The van der Waals surface area contributed by atoms with Crippen LogP contribution < -0.4 is 5.32 Å². The molecule has 0 saturated carbocycles. The molecule has 0 amide bonds.